The number of aryl methyl sites for hydroxylation is 1. The molecule has 3 N–H and O–H groups in total. The zero-order valence-electron chi connectivity index (χ0n) is 12.5. The number of phenolic OH excluding ortho intramolecular Hbond substituents is 1. The second kappa shape index (κ2) is 5.66. The van der Waals surface area contributed by atoms with Crippen molar-refractivity contribution in [3.8, 4) is 5.75 Å². The Balaban J connectivity index is 1.75. The first-order valence-corrected chi connectivity index (χ1v) is 7.49. The minimum absolute atomic E-state index is 0.153. The quantitative estimate of drug-likeness (QED) is 0.744. The molecule has 0 aliphatic carbocycles. The van der Waals surface area contributed by atoms with Gasteiger partial charge in [-0.05, 0) is 30.5 Å². The molecule has 2 aliphatic heterocycles. The van der Waals surface area contributed by atoms with Crippen LogP contribution in [0.3, 0.4) is 0 Å². The number of phenols is 1. The summed E-state index contributed by atoms with van der Waals surface area (Å²) in [7, 11) is 0. The highest BCUT2D eigenvalue weighted by Gasteiger charge is 2.64. The molecule has 2 heterocycles. The first-order valence-electron chi connectivity index (χ1n) is 7.49. The molecule has 0 bridgehead atoms. The Labute approximate surface area is 133 Å². The van der Waals surface area contributed by atoms with Gasteiger partial charge in [-0.1, -0.05) is 12.1 Å². The number of ketones is 1. The van der Waals surface area contributed by atoms with Crippen molar-refractivity contribution in [2.24, 2.45) is 5.73 Å². The number of nitrogens with two attached hydrogens (primary N) is 1. The van der Waals surface area contributed by atoms with Crippen LogP contribution >= 0.6 is 0 Å². The van der Waals surface area contributed by atoms with E-state index in [0.29, 0.717) is 12.8 Å². The fourth-order valence-electron chi connectivity index (χ4n) is 3.43. The summed E-state index contributed by atoms with van der Waals surface area (Å²) in [6.45, 7) is 0.100. The van der Waals surface area contributed by atoms with Gasteiger partial charge < -0.3 is 20.5 Å². The Morgan fingerprint density at radius 1 is 1.35 bits per heavy atom. The molecular formula is C16H18N2O5. The van der Waals surface area contributed by atoms with E-state index in [-0.39, 0.29) is 31.2 Å². The molecule has 0 saturated carbocycles. The third-order valence-corrected chi connectivity index (χ3v) is 4.59. The highest BCUT2D eigenvalue weighted by Crippen LogP contribution is 2.38. The van der Waals surface area contributed by atoms with Gasteiger partial charge >= 0.3 is 0 Å². The van der Waals surface area contributed by atoms with Crippen molar-refractivity contribution in [3.63, 3.8) is 0 Å². The minimum Gasteiger partial charge on any atom is -0.508 e. The predicted molar refractivity (Wildman–Crippen MR) is 79.4 cm³/mol. The number of ether oxygens (including phenoxy) is 1. The monoisotopic (exact) mass is 318 g/mol. The van der Waals surface area contributed by atoms with Crippen LogP contribution in [0.25, 0.3) is 0 Å². The van der Waals surface area contributed by atoms with Gasteiger partial charge in [0.1, 0.15) is 12.4 Å². The van der Waals surface area contributed by atoms with Gasteiger partial charge in [-0.25, -0.2) is 0 Å². The molecule has 2 fully saturated rings. The van der Waals surface area contributed by atoms with Gasteiger partial charge in [0.15, 0.2) is 5.78 Å². The number of carbonyl (C=O) groups is 3. The van der Waals surface area contributed by atoms with Crippen molar-refractivity contribution in [3.05, 3.63) is 29.8 Å². The topological polar surface area (TPSA) is 110 Å². The van der Waals surface area contributed by atoms with Crippen LogP contribution in [0.5, 0.6) is 5.75 Å². The van der Waals surface area contributed by atoms with Crippen LogP contribution in [-0.2, 0) is 25.5 Å². The zero-order chi connectivity index (χ0) is 16.6. The lowest BCUT2D eigenvalue weighted by atomic mass is 9.89. The molecule has 0 aromatic heterocycles. The van der Waals surface area contributed by atoms with Crippen LogP contribution in [0.1, 0.15) is 18.4 Å². The lowest BCUT2D eigenvalue weighted by Crippen LogP contribution is -2.63. The number of rotatable bonds is 4. The van der Waals surface area contributed by atoms with Gasteiger partial charge in [0.25, 0.3) is 5.91 Å². The van der Waals surface area contributed by atoms with Crippen molar-refractivity contribution in [1.82, 2.24) is 4.90 Å². The van der Waals surface area contributed by atoms with Crippen molar-refractivity contribution >= 4 is 17.6 Å². The van der Waals surface area contributed by atoms with Gasteiger partial charge in [0, 0.05) is 13.0 Å². The van der Waals surface area contributed by atoms with Gasteiger partial charge in [0.2, 0.25) is 11.4 Å². The van der Waals surface area contributed by atoms with Crippen molar-refractivity contribution < 1.29 is 24.2 Å². The second-order valence-electron chi connectivity index (χ2n) is 5.85. The summed E-state index contributed by atoms with van der Waals surface area (Å²) in [5, 5.41) is 9.26. The smallest absolute Gasteiger partial charge is 0.254 e. The molecule has 1 aromatic rings. The highest BCUT2D eigenvalue weighted by molar-refractivity contribution is 6.15. The number of Topliss-reactive ketones (excluding diaryl/α,β-unsaturated/α-hetero) is 1. The average molecular weight is 318 g/mol. The van der Waals surface area contributed by atoms with Crippen LogP contribution in [0.4, 0.5) is 0 Å². The Hall–Kier alpha value is -2.41. The van der Waals surface area contributed by atoms with E-state index in [4.69, 9.17) is 10.5 Å². The molecule has 122 valence electrons. The lowest BCUT2D eigenvalue weighted by Gasteiger charge is -2.32. The summed E-state index contributed by atoms with van der Waals surface area (Å²) in [4.78, 5) is 38.0. The van der Waals surface area contributed by atoms with Crippen LogP contribution in [0, 0.1) is 0 Å². The predicted octanol–water partition coefficient (Wildman–Crippen LogP) is -0.251. The van der Waals surface area contributed by atoms with Crippen molar-refractivity contribution in [2.45, 2.75) is 30.9 Å². The number of nitrogens with zero attached hydrogens (tertiary/aromatic N) is 1. The van der Waals surface area contributed by atoms with Crippen LogP contribution in [0.2, 0.25) is 0 Å². The maximum Gasteiger partial charge on any atom is 0.254 e. The Bertz CT molecular complexity index is 657. The minimum atomic E-state index is -1.63. The number of benzene rings is 1. The fourth-order valence-corrected chi connectivity index (χ4v) is 3.43. The summed E-state index contributed by atoms with van der Waals surface area (Å²) in [5.74, 6) is -1.40. The summed E-state index contributed by atoms with van der Waals surface area (Å²) in [6.07, 6.45) is 0.397. The van der Waals surface area contributed by atoms with E-state index >= 15 is 0 Å². The number of primary amides is 1. The Morgan fingerprint density at radius 2 is 2.04 bits per heavy atom. The van der Waals surface area contributed by atoms with E-state index in [1.165, 1.54) is 4.90 Å². The highest BCUT2D eigenvalue weighted by atomic mass is 16.5. The number of hydrogen-bond donors (Lipinski definition) is 2. The maximum atomic E-state index is 12.5. The maximum absolute atomic E-state index is 12.5. The summed E-state index contributed by atoms with van der Waals surface area (Å²) >= 11 is 0. The SMILES string of the molecule is NC(=O)C12C(=O)CO[C@H]1CCN2C(=O)CCc1ccc(O)cc1. The standard InChI is InChI=1S/C16H18N2O5/c17-15(22)16-12(20)9-23-13(16)7-8-18(16)14(21)6-3-10-1-4-11(19)5-2-10/h1-2,4-5,13,19H,3,6-9H2,(H2,17,22)/t13-,16?/m0/s1. The van der Waals surface area contributed by atoms with Gasteiger partial charge in [-0.2, -0.15) is 0 Å². The van der Waals surface area contributed by atoms with E-state index < -0.39 is 23.3 Å². The number of carbonyl (C=O) groups excluding carboxylic acids is 3. The largest absolute Gasteiger partial charge is 0.508 e. The van der Waals surface area contributed by atoms with Crippen molar-refractivity contribution in [1.29, 1.82) is 0 Å². The average Bonchev–Trinajstić information content (AvgIpc) is 3.06. The van der Waals surface area contributed by atoms with Crippen LogP contribution in [-0.4, -0.2) is 52.4 Å². The number of aromatic hydroxyl groups is 1. The Morgan fingerprint density at radius 3 is 2.70 bits per heavy atom. The first kappa shape index (κ1) is 15.5. The van der Waals surface area contributed by atoms with Gasteiger partial charge in [-0.15, -0.1) is 0 Å². The molecule has 2 amide bonds. The molecule has 0 spiro atoms. The third-order valence-electron chi connectivity index (χ3n) is 4.59. The van der Waals surface area contributed by atoms with E-state index in [1.54, 1.807) is 24.3 Å². The number of amides is 2. The lowest BCUT2D eigenvalue weighted by molar-refractivity contribution is -0.150. The number of hydrogen-bond acceptors (Lipinski definition) is 5. The molecule has 1 aromatic carbocycles. The Kier molecular flexibility index (Phi) is 3.81. The summed E-state index contributed by atoms with van der Waals surface area (Å²) < 4.78 is 5.34. The molecule has 2 saturated heterocycles. The van der Waals surface area contributed by atoms with Crippen LogP contribution < -0.4 is 5.73 Å². The molecule has 3 rings (SSSR count). The van der Waals surface area contributed by atoms with Gasteiger partial charge in [0.05, 0.1) is 6.10 Å². The summed E-state index contributed by atoms with van der Waals surface area (Å²) in [6, 6.07) is 6.54. The second-order valence-corrected chi connectivity index (χ2v) is 5.85. The van der Waals surface area contributed by atoms with Crippen molar-refractivity contribution in [2.75, 3.05) is 13.2 Å². The molecule has 2 atom stereocenters. The van der Waals surface area contributed by atoms with E-state index in [1.807, 2.05) is 0 Å². The molecular weight excluding hydrogens is 300 g/mol. The molecule has 23 heavy (non-hydrogen) atoms. The summed E-state index contributed by atoms with van der Waals surface area (Å²) in [5.41, 5.74) is 4.71. The molecule has 2 aliphatic rings. The molecule has 0 radical (unpaired) electrons. The number of fused-ring (bicyclic) bond motifs is 1. The zero-order valence-corrected chi connectivity index (χ0v) is 12.5. The third kappa shape index (κ3) is 2.37. The first-order chi connectivity index (χ1) is 11.0. The molecule has 7 heteroatoms. The van der Waals surface area contributed by atoms with Gasteiger partial charge in [-0.3, -0.25) is 14.4 Å². The van der Waals surface area contributed by atoms with E-state index in [9.17, 15) is 19.5 Å². The van der Waals surface area contributed by atoms with Crippen LogP contribution in [0.15, 0.2) is 24.3 Å². The normalized spacial score (nSPS) is 26.3. The van der Waals surface area contributed by atoms with E-state index in [2.05, 4.69) is 0 Å². The fraction of sp³-hybridized carbons (Fsp3) is 0.438. The number of likely N-dealkylation sites (tertiary alicyclic amines) is 1. The molecule has 7 nitrogen and oxygen atoms in total. The molecule has 1 unspecified atom stereocenters. The van der Waals surface area contributed by atoms with E-state index in [0.717, 1.165) is 5.56 Å².